The highest BCUT2D eigenvalue weighted by molar-refractivity contribution is 14.1. The average molecular weight is 446 g/mol. The van der Waals surface area contributed by atoms with E-state index in [-0.39, 0.29) is 5.56 Å². The van der Waals surface area contributed by atoms with Crippen LogP contribution in [0.15, 0.2) is 60.7 Å². The van der Waals surface area contributed by atoms with Crippen LogP contribution in [0.2, 0.25) is 0 Å². The molecule has 0 aliphatic heterocycles. The third-order valence-electron chi connectivity index (χ3n) is 3.93. The second kappa shape index (κ2) is 7.78. The maximum Gasteiger partial charge on any atom is 0.152 e. The van der Waals surface area contributed by atoms with Gasteiger partial charge in [0.25, 0.3) is 0 Å². The van der Waals surface area contributed by atoms with Crippen molar-refractivity contribution in [2.45, 2.75) is 13.5 Å². The molecule has 0 fully saturated rings. The first-order chi connectivity index (χ1) is 12.1. The molecule has 0 aliphatic carbocycles. The summed E-state index contributed by atoms with van der Waals surface area (Å²) in [5.74, 6) is -0.172. The Labute approximate surface area is 159 Å². The van der Waals surface area contributed by atoms with Gasteiger partial charge in [-0.25, -0.2) is 4.39 Å². The zero-order valence-electron chi connectivity index (χ0n) is 13.6. The summed E-state index contributed by atoms with van der Waals surface area (Å²) in [6.07, 6.45) is 0.492. The molecule has 3 aromatic rings. The number of aldehydes is 1. The van der Waals surface area contributed by atoms with Crippen LogP contribution < -0.4 is 4.74 Å². The van der Waals surface area contributed by atoms with Crippen LogP contribution in [0.1, 0.15) is 21.5 Å². The zero-order valence-corrected chi connectivity index (χ0v) is 15.8. The third kappa shape index (κ3) is 4.25. The molecule has 0 atom stereocenters. The van der Waals surface area contributed by atoms with Gasteiger partial charge in [0.1, 0.15) is 18.2 Å². The fourth-order valence-electron chi connectivity index (χ4n) is 2.64. The molecule has 0 unspecified atom stereocenters. The number of aryl methyl sites for hydroxylation is 1. The lowest BCUT2D eigenvalue weighted by atomic mass is 9.99. The third-order valence-corrected chi connectivity index (χ3v) is 4.60. The minimum Gasteiger partial charge on any atom is -0.489 e. The molecule has 0 saturated heterocycles. The van der Waals surface area contributed by atoms with Crippen molar-refractivity contribution < 1.29 is 13.9 Å². The second-order valence-corrected chi connectivity index (χ2v) is 7.00. The maximum atomic E-state index is 13.6. The molecule has 0 spiro atoms. The Morgan fingerprint density at radius 3 is 2.64 bits per heavy atom. The molecular weight excluding hydrogens is 430 g/mol. The molecule has 3 rings (SSSR count). The molecule has 0 bridgehead atoms. The lowest BCUT2D eigenvalue weighted by Gasteiger charge is -2.10. The van der Waals surface area contributed by atoms with Crippen LogP contribution in [-0.4, -0.2) is 6.29 Å². The number of rotatable bonds is 5. The molecular formula is C21H16FIO2. The largest absolute Gasteiger partial charge is 0.489 e. The van der Waals surface area contributed by atoms with Crippen molar-refractivity contribution in [1.29, 1.82) is 0 Å². The van der Waals surface area contributed by atoms with E-state index in [0.717, 1.165) is 11.1 Å². The number of hydrogen-bond acceptors (Lipinski definition) is 2. The molecule has 25 heavy (non-hydrogen) atoms. The van der Waals surface area contributed by atoms with Crippen molar-refractivity contribution in [2.24, 2.45) is 0 Å². The molecule has 0 amide bonds. The zero-order chi connectivity index (χ0) is 17.8. The first-order valence-electron chi connectivity index (χ1n) is 7.80. The van der Waals surface area contributed by atoms with E-state index < -0.39 is 5.82 Å². The summed E-state index contributed by atoms with van der Waals surface area (Å²) in [6, 6.07) is 18.7. The smallest absolute Gasteiger partial charge is 0.152 e. The number of ether oxygens (including phenoxy) is 1. The van der Waals surface area contributed by atoms with Gasteiger partial charge in [-0.15, -0.1) is 0 Å². The summed E-state index contributed by atoms with van der Waals surface area (Å²) >= 11 is 2.30. The molecule has 126 valence electrons. The van der Waals surface area contributed by atoms with Crippen LogP contribution in [0.25, 0.3) is 11.1 Å². The Kier molecular flexibility index (Phi) is 5.48. The monoisotopic (exact) mass is 446 g/mol. The van der Waals surface area contributed by atoms with E-state index in [0.29, 0.717) is 18.6 Å². The second-order valence-electron chi connectivity index (χ2n) is 5.75. The Morgan fingerprint density at radius 1 is 1.08 bits per heavy atom. The lowest BCUT2D eigenvalue weighted by molar-refractivity contribution is 0.111. The van der Waals surface area contributed by atoms with Gasteiger partial charge in [-0.3, -0.25) is 4.79 Å². The number of halogens is 2. The van der Waals surface area contributed by atoms with Gasteiger partial charge in [-0.05, 0) is 82.1 Å². The van der Waals surface area contributed by atoms with Gasteiger partial charge in [-0.2, -0.15) is 0 Å². The minimum absolute atomic E-state index is 0.0310. The molecule has 2 nitrogen and oxygen atoms in total. The van der Waals surface area contributed by atoms with Crippen LogP contribution >= 0.6 is 22.6 Å². The van der Waals surface area contributed by atoms with Crippen LogP contribution in [0, 0.1) is 16.3 Å². The molecule has 4 heteroatoms. The lowest BCUT2D eigenvalue weighted by Crippen LogP contribution is -1.97. The molecule has 0 aromatic heterocycles. The Bertz CT molecular complexity index is 922. The van der Waals surface area contributed by atoms with Crippen molar-refractivity contribution in [3.63, 3.8) is 0 Å². The van der Waals surface area contributed by atoms with Gasteiger partial charge in [0.15, 0.2) is 6.29 Å². The fraction of sp³-hybridized carbons (Fsp3) is 0.0952. The predicted octanol–water partition coefficient (Wildman–Crippen LogP) is 5.80. The molecule has 0 saturated carbocycles. The SMILES string of the molecule is Cc1cc(I)ccc1-c1cccc(COc2ccc(C=O)c(F)c2)c1. The van der Waals surface area contributed by atoms with Crippen LogP contribution in [0.4, 0.5) is 4.39 Å². The molecule has 0 heterocycles. The van der Waals surface area contributed by atoms with Gasteiger partial charge in [0.2, 0.25) is 0 Å². The summed E-state index contributed by atoms with van der Waals surface area (Å²) in [5.41, 5.74) is 4.55. The number of benzene rings is 3. The van der Waals surface area contributed by atoms with E-state index in [9.17, 15) is 9.18 Å². The number of carbonyl (C=O) groups is 1. The Morgan fingerprint density at radius 2 is 1.92 bits per heavy atom. The average Bonchev–Trinajstić information content (AvgIpc) is 2.60. The number of carbonyl (C=O) groups excluding carboxylic acids is 1. The molecule has 3 aromatic carbocycles. The van der Waals surface area contributed by atoms with Crippen molar-refractivity contribution in [1.82, 2.24) is 0 Å². The van der Waals surface area contributed by atoms with Gasteiger partial charge in [0.05, 0.1) is 5.56 Å². The van der Waals surface area contributed by atoms with Crippen LogP contribution in [0.3, 0.4) is 0 Å². The van der Waals surface area contributed by atoms with Crippen molar-refractivity contribution >= 4 is 28.9 Å². The standard InChI is InChI=1S/C21H16FIO2/c1-14-9-18(23)6-8-20(14)16-4-2-3-15(10-16)13-25-19-7-5-17(12-24)21(22)11-19/h2-12H,13H2,1H3. The van der Waals surface area contributed by atoms with E-state index in [1.54, 1.807) is 6.07 Å². The van der Waals surface area contributed by atoms with Gasteiger partial charge in [-0.1, -0.05) is 24.3 Å². The highest BCUT2D eigenvalue weighted by atomic mass is 127. The summed E-state index contributed by atoms with van der Waals surface area (Å²) < 4.78 is 20.5. The molecule has 0 radical (unpaired) electrons. The summed E-state index contributed by atoms with van der Waals surface area (Å²) in [4.78, 5) is 10.7. The van der Waals surface area contributed by atoms with Crippen LogP contribution in [-0.2, 0) is 6.61 Å². The highest BCUT2D eigenvalue weighted by Gasteiger charge is 2.06. The van der Waals surface area contributed by atoms with E-state index in [1.165, 1.54) is 26.8 Å². The summed E-state index contributed by atoms with van der Waals surface area (Å²) in [6.45, 7) is 2.43. The van der Waals surface area contributed by atoms with E-state index >= 15 is 0 Å². The normalized spacial score (nSPS) is 10.5. The minimum atomic E-state index is -0.573. The number of hydrogen-bond donors (Lipinski definition) is 0. The van der Waals surface area contributed by atoms with E-state index in [4.69, 9.17) is 4.74 Å². The highest BCUT2D eigenvalue weighted by Crippen LogP contribution is 2.26. The predicted molar refractivity (Wildman–Crippen MR) is 105 cm³/mol. The molecule has 0 N–H and O–H groups in total. The first kappa shape index (κ1) is 17.6. The van der Waals surface area contributed by atoms with Gasteiger partial charge in [0, 0.05) is 9.64 Å². The quantitative estimate of drug-likeness (QED) is 0.366. The fourth-order valence-corrected chi connectivity index (χ4v) is 3.29. The van der Waals surface area contributed by atoms with E-state index in [1.807, 2.05) is 12.1 Å². The van der Waals surface area contributed by atoms with Gasteiger partial charge < -0.3 is 4.74 Å². The summed E-state index contributed by atoms with van der Waals surface area (Å²) in [5, 5.41) is 0. The first-order valence-corrected chi connectivity index (χ1v) is 8.87. The van der Waals surface area contributed by atoms with Crippen molar-refractivity contribution in [3.8, 4) is 16.9 Å². The van der Waals surface area contributed by atoms with Crippen LogP contribution in [0.5, 0.6) is 5.75 Å². The van der Waals surface area contributed by atoms with Crippen molar-refractivity contribution in [3.05, 3.63) is 86.7 Å². The van der Waals surface area contributed by atoms with E-state index in [2.05, 4.69) is 59.8 Å². The maximum absolute atomic E-state index is 13.6. The van der Waals surface area contributed by atoms with Crippen molar-refractivity contribution in [2.75, 3.05) is 0 Å². The van der Waals surface area contributed by atoms with Gasteiger partial charge >= 0.3 is 0 Å². The Balaban J connectivity index is 1.78. The Hall–Kier alpha value is -2.21. The molecule has 0 aliphatic rings. The summed E-state index contributed by atoms with van der Waals surface area (Å²) in [7, 11) is 0. The topological polar surface area (TPSA) is 26.3 Å².